The summed E-state index contributed by atoms with van der Waals surface area (Å²) in [6.45, 7) is 3.00. The van der Waals surface area contributed by atoms with Crippen LogP contribution in [-0.4, -0.2) is 42.5 Å². The smallest absolute Gasteiger partial charge is 0.316 e. The molecule has 4 rings (SSSR count). The molecule has 1 N–H and O–H groups in total. The molecule has 0 radical (unpaired) electrons. The summed E-state index contributed by atoms with van der Waals surface area (Å²) < 4.78 is 33.3. The number of carbonyl (C=O) groups excluding carboxylic acids is 1. The minimum Gasteiger partial charge on any atom is -0.334 e. The standard InChI is InChI=1S/C19H17N5O4S2/c1-12-16(30(26,27)23-14-6-4-5-13(9-14)11-20)10-15(29-12)17-21-18(28-22-17)19(25)24-7-2-3-8-24/h4-6,9-10,23H,2-3,7-8H2,1H3. The number of benzene rings is 1. The summed E-state index contributed by atoms with van der Waals surface area (Å²) in [7, 11) is -3.89. The van der Waals surface area contributed by atoms with E-state index in [2.05, 4.69) is 14.9 Å². The maximum Gasteiger partial charge on any atom is 0.316 e. The first-order valence-corrected chi connectivity index (χ1v) is 11.4. The van der Waals surface area contributed by atoms with Crippen LogP contribution in [0.2, 0.25) is 0 Å². The summed E-state index contributed by atoms with van der Waals surface area (Å²) in [6, 6.07) is 9.62. The molecule has 30 heavy (non-hydrogen) atoms. The summed E-state index contributed by atoms with van der Waals surface area (Å²) in [5, 5.41) is 12.8. The molecule has 2 aromatic heterocycles. The molecule has 1 fully saturated rings. The van der Waals surface area contributed by atoms with Crippen molar-refractivity contribution in [2.75, 3.05) is 17.8 Å². The van der Waals surface area contributed by atoms with Gasteiger partial charge in [-0.3, -0.25) is 9.52 Å². The van der Waals surface area contributed by atoms with E-state index in [0.29, 0.717) is 34.1 Å². The number of nitrogens with zero attached hydrogens (tertiary/aromatic N) is 4. The van der Waals surface area contributed by atoms with Crippen molar-refractivity contribution in [2.45, 2.75) is 24.7 Å². The van der Waals surface area contributed by atoms with E-state index in [9.17, 15) is 13.2 Å². The molecule has 0 atom stereocenters. The summed E-state index contributed by atoms with van der Waals surface area (Å²) in [5.74, 6) is -0.251. The van der Waals surface area contributed by atoms with Gasteiger partial charge in [0.25, 0.3) is 10.0 Å². The number of rotatable bonds is 5. The minimum atomic E-state index is -3.89. The van der Waals surface area contributed by atoms with Crippen LogP contribution in [0.4, 0.5) is 5.69 Å². The quantitative estimate of drug-likeness (QED) is 0.641. The van der Waals surface area contributed by atoms with Crippen LogP contribution in [0, 0.1) is 18.3 Å². The Hall–Kier alpha value is -3.23. The van der Waals surface area contributed by atoms with E-state index in [-0.39, 0.29) is 22.5 Å². The second-order valence-corrected chi connectivity index (χ2v) is 9.66. The Labute approximate surface area is 177 Å². The molecule has 0 bridgehead atoms. The predicted molar refractivity (Wildman–Crippen MR) is 109 cm³/mol. The Bertz CT molecular complexity index is 1250. The average Bonchev–Trinajstić information content (AvgIpc) is 3.47. The van der Waals surface area contributed by atoms with Crippen LogP contribution in [0.25, 0.3) is 10.7 Å². The van der Waals surface area contributed by atoms with Crippen molar-refractivity contribution in [2.24, 2.45) is 0 Å². The number of sulfonamides is 1. The van der Waals surface area contributed by atoms with Crippen LogP contribution in [0.1, 0.15) is 34.0 Å². The van der Waals surface area contributed by atoms with Crippen molar-refractivity contribution < 1.29 is 17.7 Å². The summed E-state index contributed by atoms with van der Waals surface area (Å²) >= 11 is 1.19. The maximum atomic E-state index is 12.8. The van der Waals surface area contributed by atoms with Gasteiger partial charge >= 0.3 is 11.8 Å². The highest BCUT2D eigenvalue weighted by atomic mass is 32.2. The van der Waals surface area contributed by atoms with Gasteiger partial charge in [-0.15, -0.1) is 11.3 Å². The van der Waals surface area contributed by atoms with Crippen LogP contribution < -0.4 is 4.72 Å². The number of nitrogens with one attached hydrogen (secondary N) is 1. The summed E-state index contributed by atoms with van der Waals surface area (Å²) in [4.78, 5) is 19.3. The van der Waals surface area contributed by atoms with Crippen molar-refractivity contribution >= 4 is 33.0 Å². The van der Waals surface area contributed by atoms with E-state index in [0.717, 1.165) is 12.8 Å². The molecule has 11 heteroatoms. The van der Waals surface area contributed by atoms with Crippen molar-refractivity contribution in [1.29, 1.82) is 5.26 Å². The van der Waals surface area contributed by atoms with Crippen molar-refractivity contribution in [3.8, 4) is 16.8 Å². The van der Waals surface area contributed by atoms with Gasteiger partial charge in [0, 0.05) is 18.0 Å². The summed E-state index contributed by atoms with van der Waals surface area (Å²) in [5.41, 5.74) is 0.638. The zero-order valence-electron chi connectivity index (χ0n) is 16.0. The third-order valence-electron chi connectivity index (χ3n) is 4.63. The number of carbonyl (C=O) groups is 1. The van der Waals surface area contributed by atoms with E-state index >= 15 is 0 Å². The third-order valence-corrected chi connectivity index (χ3v) is 7.31. The zero-order chi connectivity index (χ0) is 21.3. The lowest BCUT2D eigenvalue weighted by atomic mass is 10.2. The molecule has 1 aromatic carbocycles. The van der Waals surface area contributed by atoms with Gasteiger partial charge in [0.15, 0.2) is 0 Å². The number of aromatic nitrogens is 2. The number of hydrogen-bond acceptors (Lipinski definition) is 8. The summed E-state index contributed by atoms with van der Waals surface area (Å²) in [6.07, 6.45) is 1.89. The van der Waals surface area contributed by atoms with Gasteiger partial charge in [-0.25, -0.2) is 8.42 Å². The molecular weight excluding hydrogens is 426 g/mol. The van der Waals surface area contributed by atoms with E-state index in [1.54, 1.807) is 30.0 Å². The lowest BCUT2D eigenvalue weighted by molar-refractivity contribution is 0.0743. The second-order valence-electron chi connectivity index (χ2n) is 6.75. The van der Waals surface area contributed by atoms with Crippen molar-refractivity contribution in [3.63, 3.8) is 0 Å². The molecule has 0 saturated carbocycles. The highest BCUT2D eigenvalue weighted by Crippen LogP contribution is 2.33. The number of likely N-dealkylation sites (tertiary alicyclic amines) is 1. The van der Waals surface area contributed by atoms with Crippen molar-refractivity contribution in [1.82, 2.24) is 15.0 Å². The first-order valence-electron chi connectivity index (χ1n) is 9.14. The third kappa shape index (κ3) is 3.92. The van der Waals surface area contributed by atoms with E-state index in [1.165, 1.54) is 23.5 Å². The molecule has 1 aliphatic rings. The van der Waals surface area contributed by atoms with Gasteiger partial charge in [-0.1, -0.05) is 11.2 Å². The van der Waals surface area contributed by atoms with E-state index < -0.39 is 10.0 Å². The Balaban J connectivity index is 1.58. The zero-order valence-corrected chi connectivity index (χ0v) is 17.6. The second kappa shape index (κ2) is 7.89. The lowest BCUT2D eigenvalue weighted by Crippen LogP contribution is -2.27. The fraction of sp³-hybridized carbons (Fsp3) is 0.263. The average molecular weight is 444 g/mol. The van der Waals surface area contributed by atoms with Gasteiger partial charge in [0.1, 0.15) is 4.90 Å². The monoisotopic (exact) mass is 443 g/mol. The number of nitriles is 1. The topological polar surface area (TPSA) is 129 Å². The Kier molecular flexibility index (Phi) is 5.27. The van der Waals surface area contributed by atoms with Crippen LogP contribution in [0.3, 0.4) is 0 Å². The number of amides is 1. The molecule has 0 unspecified atom stereocenters. The molecule has 1 amide bonds. The highest BCUT2D eigenvalue weighted by molar-refractivity contribution is 7.93. The SMILES string of the molecule is Cc1sc(-c2noc(C(=O)N3CCCC3)n2)cc1S(=O)(=O)Nc1cccc(C#N)c1. The molecule has 1 saturated heterocycles. The van der Waals surface area contributed by atoms with Crippen LogP contribution in [-0.2, 0) is 10.0 Å². The molecule has 1 aliphatic heterocycles. The normalized spacial score (nSPS) is 13.9. The Morgan fingerprint density at radius 3 is 2.80 bits per heavy atom. The number of anilines is 1. The maximum absolute atomic E-state index is 12.8. The Morgan fingerprint density at radius 2 is 2.07 bits per heavy atom. The fourth-order valence-electron chi connectivity index (χ4n) is 3.17. The highest BCUT2D eigenvalue weighted by Gasteiger charge is 2.27. The van der Waals surface area contributed by atoms with Gasteiger partial charge in [-0.2, -0.15) is 10.2 Å². The van der Waals surface area contributed by atoms with Gasteiger partial charge in [0.2, 0.25) is 5.82 Å². The molecule has 9 nitrogen and oxygen atoms in total. The van der Waals surface area contributed by atoms with Crippen molar-refractivity contribution in [3.05, 3.63) is 46.7 Å². The molecule has 0 aliphatic carbocycles. The predicted octanol–water partition coefficient (Wildman–Crippen LogP) is 3.02. The molecular formula is C19H17N5O4S2. The largest absolute Gasteiger partial charge is 0.334 e. The first-order chi connectivity index (χ1) is 14.4. The molecule has 3 heterocycles. The Morgan fingerprint density at radius 1 is 1.30 bits per heavy atom. The lowest BCUT2D eigenvalue weighted by Gasteiger charge is -2.10. The van der Waals surface area contributed by atoms with Crippen LogP contribution in [0.15, 0.2) is 39.8 Å². The van der Waals surface area contributed by atoms with E-state index in [4.69, 9.17) is 9.78 Å². The number of aryl methyl sites for hydroxylation is 1. The van der Waals surface area contributed by atoms with Crippen LogP contribution >= 0.6 is 11.3 Å². The molecule has 154 valence electrons. The first kappa shape index (κ1) is 20.1. The van der Waals surface area contributed by atoms with Gasteiger partial charge < -0.3 is 9.42 Å². The molecule has 3 aromatic rings. The fourth-order valence-corrected chi connectivity index (χ4v) is 5.74. The number of hydrogen-bond donors (Lipinski definition) is 1. The molecule has 0 spiro atoms. The van der Waals surface area contributed by atoms with Crippen LogP contribution in [0.5, 0.6) is 0 Å². The van der Waals surface area contributed by atoms with E-state index in [1.807, 2.05) is 6.07 Å². The minimum absolute atomic E-state index is 0.0714. The number of thiophene rings is 1. The van der Waals surface area contributed by atoms with Gasteiger partial charge in [-0.05, 0) is 44.0 Å². The van der Waals surface area contributed by atoms with Gasteiger partial charge in [0.05, 0.1) is 22.2 Å².